The Morgan fingerprint density at radius 1 is 1.40 bits per heavy atom. The standard InChI is InChI=1S/C11H20N4/c1-9-13-10(2)15(14-9)8-6-11-5-3-4-7-12-11/h11-12H,3-8H2,1-2H3. The lowest BCUT2D eigenvalue weighted by atomic mass is 10.0. The monoisotopic (exact) mass is 208 g/mol. The number of nitrogens with one attached hydrogen (secondary N) is 1. The van der Waals surface area contributed by atoms with Gasteiger partial charge in [0, 0.05) is 12.6 Å². The third kappa shape index (κ3) is 2.78. The van der Waals surface area contributed by atoms with Crippen molar-refractivity contribution in [3.05, 3.63) is 11.6 Å². The van der Waals surface area contributed by atoms with E-state index in [1.807, 2.05) is 18.5 Å². The molecule has 0 spiro atoms. The molecule has 4 nitrogen and oxygen atoms in total. The molecule has 0 aromatic carbocycles. The molecule has 84 valence electrons. The second-order valence-corrected chi connectivity index (χ2v) is 4.36. The van der Waals surface area contributed by atoms with Gasteiger partial charge in [0.25, 0.3) is 0 Å². The summed E-state index contributed by atoms with van der Waals surface area (Å²) in [6, 6.07) is 0.683. The van der Waals surface area contributed by atoms with E-state index in [-0.39, 0.29) is 0 Å². The summed E-state index contributed by atoms with van der Waals surface area (Å²) in [5.41, 5.74) is 0. The van der Waals surface area contributed by atoms with E-state index < -0.39 is 0 Å². The largest absolute Gasteiger partial charge is 0.314 e. The van der Waals surface area contributed by atoms with Crippen molar-refractivity contribution in [2.45, 2.75) is 52.1 Å². The molecule has 0 amide bonds. The van der Waals surface area contributed by atoms with Crippen molar-refractivity contribution < 1.29 is 0 Å². The third-order valence-corrected chi connectivity index (χ3v) is 3.06. The van der Waals surface area contributed by atoms with Crippen LogP contribution in [0.15, 0.2) is 0 Å². The van der Waals surface area contributed by atoms with Crippen LogP contribution in [0.3, 0.4) is 0 Å². The van der Waals surface area contributed by atoms with Gasteiger partial charge in [-0.1, -0.05) is 6.42 Å². The van der Waals surface area contributed by atoms with Gasteiger partial charge < -0.3 is 5.32 Å². The Kier molecular flexibility index (Phi) is 3.36. The fourth-order valence-corrected chi connectivity index (χ4v) is 2.22. The number of hydrogen-bond donors (Lipinski definition) is 1. The first-order valence-electron chi connectivity index (χ1n) is 5.87. The number of nitrogens with zero attached hydrogens (tertiary/aromatic N) is 3. The normalized spacial score (nSPS) is 21.9. The minimum Gasteiger partial charge on any atom is -0.314 e. The summed E-state index contributed by atoms with van der Waals surface area (Å²) in [6.45, 7) is 6.14. The van der Waals surface area contributed by atoms with Gasteiger partial charge >= 0.3 is 0 Å². The smallest absolute Gasteiger partial charge is 0.147 e. The molecule has 1 aromatic heterocycles. The Bertz CT molecular complexity index is 312. The van der Waals surface area contributed by atoms with Crippen molar-refractivity contribution >= 4 is 0 Å². The van der Waals surface area contributed by atoms with Gasteiger partial charge in [0.2, 0.25) is 0 Å². The average Bonchev–Trinajstić information content (AvgIpc) is 2.56. The summed E-state index contributed by atoms with van der Waals surface area (Å²) in [7, 11) is 0. The zero-order valence-electron chi connectivity index (χ0n) is 9.66. The van der Waals surface area contributed by atoms with E-state index in [0.717, 1.165) is 18.2 Å². The first-order chi connectivity index (χ1) is 7.25. The SMILES string of the molecule is Cc1nc(C)n(CCC2CCCCN2)n1. The maximum atomic E-state index is 4.37. The first kappa shape index (κ1) is 10.6. The molecule has 1 fully saturated rings. The quantitative estimate of drug-likeness (QED) is 0.817. The van der Waals surface area contributed by atoms with Crippen molar-refractivity contribution in [3.8, 4) is 0 Å². The first-order valence-corrected chi connectivity index (χ1v) is 5.87. The van der Waals surface area contributed by atoms with Gasteiger partial charge in [0.15, 0.2) is 0 Å². The molecule has 1 aromatic rings. The Morgan fingerprint density at radius 2 is 2.27 bits per heavy atom. The zero-order chi connectivity index (χ0) is 10.7. The van der Waals surface area contributed by atoms with Crippen LogP contribution in [-0.4, -0.2) is 27.4 Å². The van der Waals surface area contributed by atoms with Crippen LogP contribution in [0.25, 0.3) is 0 Å². The van der Waals surface area contributed by atoms with Crippen LogP contribution in [0.2, 0.25) is 0 Å². The lowest BCUT2D eigenvalue weighted by Crippen LogP contribution is -2.34. The van der Waals surface area contributed by atoms with Crippen molar-refractivity contribution in [2.75, 3.05) is 6.54 Å². The maximum Gasteiger partial charge on any atom is 0.147 e. The predicted octanol–water partition coefficient (Wildman–Crippen LogP) is 1.43. The molecule has 0 bridgehead atoms. The van der Waals surface area contributed by atoms with Crippen molar-refractivity contribution in [1.82, 2.24) is 20.1 Å². The minimum atomic E-state index is 0.683. The van der Waals surface area contributed by atoms with Crippen LogP contribution in [0.4, 0.5) is 0 Å². The van der Waals surface area contributed by atoms with E-state index in [4.69, 9.17) is 0 Å². The van der Waals surface area contributed by atoms with Crippen LogP contribution in [0.1, 0.15) is 37.3 Å². The molecular formula is C11H20N4. The molecule has 0 aliphatic carbocycles. The molecule has 2 heterocycles. The lowest BCUT2D eigenvalue weighted by Gasteiger charge is -2.23. The van der Waals surface area contributed by atoms with E-state index in [1.165, 1.54) is 32.2 Å². The molecular weight excluding hydrogens is 188 g/mol. The van der Waals surface area contributed by atoms with Crippen LogP contribution < -0.4 is 5.32 Å². The Hall–Kier alpha value is -0.900. The van der Waals surface area contributed by atoms with Gasteiger partial charge in [-0.15, -0.1) is 0 Å². The zero-order valence-corrected chi connectivity index (χ0v) is 9.66. The fourth-order valence-electron chi connectivity index (χ4n) is 2.22. The molecule has 15 heavy (non-hydrogen) atoms. The molecule has 1 aliphatic heterocycles. The van der Waals surface area contributed by atoms with E-state index >= 15 is 0 Å². The summed E-state index contributed by atoms with van der Waals surface area (Å²) in [4.78, 5) is 4.31. The van der Waals surface area contributed by atoms with Gasteiger partial charge in [-0.25, -0.2) is 4.98 Å². The van der Waals surface area contributed by atoms with Crippen molar-refractivity contribution in [3.63, 3.8) is 0 Å². The number of rotatable bonds is 3. The molecule has 2 rings (SSSR count). The fraction of sp³-hybridized carbons (Fsp3) is 0.818. The maximum absolute atomic E-state index is 4.37. The van der Waals surface area contributed by atoms with E-state index in [2.05, 4.69) is 15.4 Å². The van der Waals surface area contributed by atoms with E-state index in [0.29, 0.717) is 6.04 Å². The summed E-state index contributed by atoms with van der Waals surface area (Å²) in [6.07, 6.45) is 5.18. The molecule has 1 aliphatic rings. The Morgan fingerprint density at radius 3 is 2.87 bits per heavy atom. The highest BCUT2D eigenvalue weighted by atomic mass is 15.3. The van der Waals surface area contributed by atoms with Gasteiger partial charge in [0.05, 0.1) is 0 Å². The predicted molar refractivity (Wildman–Crippen MR) is 59.8 cm³/mol. The van der Waals surface area contributed by atoms with E-state index in [1.54, 1.807) is 0 Å². The summed E-state index contributed by atoms with van der Waals surface area (Å²) in [5, 5.41) is 7.93. The van der Waals surface area contributed by atoms with Crippen LogP contribution in [0, 0.1) is 13.8 Å². The second-order valence-electron chi connectivity index (χ2n) is 4.36. The molecule has 0 saturated carbocycles. The molecule has 1 N–H and O–H groups in total. The summed E-state index contributed by atoms with van der Waals surface area (Å²) < 4.78 is 2.02. The number of aryl methyl sites for hydroxylation is 3. The highest BCUT2D eigenvalue weighted by molar-refractivity contribution is 4.87. The molecule has 1 unspecified atom stereocenters. The van der Waals surface area contributed by atoms with Crippen LogP contribution in [-0.2, 0) is 6.54 Å². The molecule has 4 heteroatoms. The van der Waals surface area contributed by atoms with Crippen LogP contribution >= 0.6 is 0 Å². The van der Waals surface area contributed by atoms with Crippen molar-refractivity contribution in [1.29, 1.82) is 0 Å². The van der Waals surface area contributed by atoms with Crippen molar-refractivity contribution in [2.24, 2.45) is 0 Å². The minimum absolute atomic E-state index is 0.683. The summed E-state index contributed by atoms with van der Waals surface area (Å²) >= 11 is 0. The number of aromatic nitrogens is 3. The third-order valence-electron chi connectivity index (χ3n) is 3.06. The second kappa shape index (κ2) is 4.75. The molecule has 1 atom stereocenters. The number of hydrogen-bond acceptors (Lipinski definition) is 3. The summed E-state index contributed by atoms with van der Waals surface area (Å²) in [5.74, 6) is 1.91. The lowest BCUT2D eigenvalue weighted by molar-refractivity contribution is 0.358. The Balaban J connectivity index is 1.84. The average molecular weight is 208 g/mol. The highest BCUT2D eigenvalue weighted by Crippen LogP contribution is 2.11. The molecule has 0 radical (unpaired) electrons. The molecule has 1 saturated heterocycles. The van der Waals surface area contributed by atoms with Gasteiger partial charge in [-0.2, -0.15) is 5.10 Å². The van der Waals surface area contributed by atoms with Gasteiger partial charge in [-0.3, -0.25) is 4.68 Å². The van der Waals surface area contributed by atoms with Crippen LogP contribution in [0.5, 0.6) is 0 Å². The topological polar surface area (TPSA) is 42.7 Å². The van der Waals surface area contributed by atoms with Gasteiger partial charge in [0.1, 0.15) is 11.6 Å². The number of piperidine rings is 1. The Labute approximate surface area is 91.1 Å². The van der Waals surface area contributed by atoms with Gasteiger partial charge in [-0.05, 0) is 39.7 Å². The highest BCUT2D eigenvalue weighted by Gasteiger charge is 2.13. The van der Waals surface area contributed by atoms with E-state index in [9.17, 15) is 0 Å².